The molecule has 1 saturated carbocycles. The molecule has 0 atom stereocenters. The smallest absolute Gasteiger partial charge is 0.315 e. The summed E-state index contributed by atoms with van der Waals surface area (Å²) < 4.78 is 1.98. The highest BCUT2D eigenvalue weighted by Gasteiger charge is 2.22. The second kappa shape index (κ2) is 5.21. The predicted octanol–water partition coefficient (Wildman–Crippen LogP) is 1.35. The maximum Gasteiger partial charge on any atom is 0.315 e. The summed E-state index contributed by atoms with van der Waals surface area (Å²) >= 11 is 0. The minimum Gasteiger partial charge on any atom is -0.338 e. The van der Waals surface area contributed by atoms with Gasteiger partial charge in [0.2, 0.25) is 0 Å². The predicted molar refractivity (Wildman–Crippen MR) is 65.9 cm³/mol. The lowest BCUT2D eigenvalue weighted by Gasteiger charge is -2.07. The van der Waals surface area contributed by atoms with Crippen LogP contribution in [0.15, 0.2) is 6.07 Å². The average molecular weight is 236 g/mol. The molecule has 2 N–H and O–H groups in total. The molecule has 5 heteroatoms. The molecule has 0 saturated heterocycles. The second-order valence-corrected chi connectivity index (χ2v) is 4.68. The van der Waals surface area contributed by atoms with Crippen LogP contribution >= 0.6 is 0 Å². The summed E-state index contributed by atoms with van der Waals surface area (Å²) in [6.07, 6.45) is 3.15. The van der Waals surface area contributed by atoms with Crippen molar-refractivity contribution >= 4 is 6.03 Å². The van der Waals surface area contributed by atoms with Gasteiger partial charge in [-0.25, -0.2) is 4.79 Å². The van der Waals surface area contributed by atoms with Crippen LogP contribution in [0.5, 0.6) is 0 Å². The molecule has 1 fully saturated rings. The number of aryl methyl sites for hydroxylation is 3. The zero-order valence-corrected chi connectivity index (χ0v) is 10.5. The van der Waals surface area contributed by atoms with Crippen molar-refractivity contribution in [3.05, 3.63) is 17.5 Å². The van der Waals surface area contributed by atoms with Crippen molar-refractivity contribution in [1.29, 1.82) is 0 Å². The van der Waals surface area contributed by atoms with Gasteiger partial charge >= 0.3 is 6.03 Å². The molecule has 0 aromatic carbocycles. The minimum atomic E-state index is -0.0409. The first-order valence-electron chi connectivity index (χ1n) is 6.20. The molecule has 2 rings (SSSR count). The number of hydrogen-bond donors (Lipinski definition) is 2. The number of nitrogens with one attached hydrogen (secondary N) is 2. The summed E-state index contributed by atoms with van der Waals surface area (Å²) in [4.78, 5) is 11.3. The number of carbonyl (C=O) groups excluding carboxylic acids is 1. The SMILES string of the molecule is Cc1cc(C)n(CCCNC(=O)NC2CC2)n1. The summed E-state index contributed by atoms with van der Waals surface area (Å²) in [5, 5.41) is 10.1. The van der Waals surface area contributed by atoms with Crippen LogP contribution < -0.4 is 10.6 Å². The van der Waals surface area contributed by atoms with Gasteiger partial charge in [-0.15, -0.1) is 0 Å². The minimum absolute atomic E-state index is 0.0409. The Hall–Kier alpha value is -1.52. The summed E-state index contributed by atoms with van der Waals surface area (Å²) in [7, 11) is 0. The molecule has 1 heterocycles. The Bertz CT molecular complexity index is 395. The van der Waals surface area contributed by atoms with E-state index in [9.17, 15) is 4.79 Å². The van der Waals surface area contributed by atoms with Crippen molar-refractivity contribution in [2.45, 2.75) is 45.7 Å². The van der Waals surface area contributed by atoms with Gasteiger partial charge in [0.15, 0.2) is 0 Å². The van der Waals surface area contributed by atoms with E-state index in [1.807, 2.05) is 18.5 Å². The van der Waals surface area contributed by atoms with Gasteiger partial charge in [-0.3, -0.25) is 4.68 Å². The molecule has 0 radical (unpaired) electrons. The van der Waals surface area contributed by atoms with Gasteiger partial charge in [-0.05, 0) is 39.2 Å². The topological polar surface area (TPSA) is 59.0 Å². The van der Waals surface area contributed by atoms with Crippen LogP contribution in [-0.4, -0.2) is 28.4 Å². The fourth-order valence-electron chi connectivity index (χ4n) is 1.80. The fourth-order valence-corrected chi connectivity index (χ4v) is 1.80. The van der Waals surface area contributed by atoms with Crippen LogP contribution in [0.25, 0.3) is 0 Å². The Labute approximate surface area is 102 Å². The summed E-state index contributed by atoms with van der Waals surface area (Å²) in [5.74, 6) is 0. The maximum absolute atomic E-state index is 11.3. The van der Waals surface area contributed by atoms with Crippen LogP contribution in [0, 0.1) is 13.8 Å². The number of urea groups is 1. The van der Waals surface area contributed by atoms with Crippen LogP contribution in [0.1, 0.15) is 30.7 Å². The maximum atomic E-state index is 11.3. The van der Waals surface area contributed by atoms with Gasteiger partial charge in [0.05, 0.1) is 5.69 Å². The summed E-state index contributed by atoms with van der Waals surface area (Å²) in [6.45, 7) is 5.58. The molecule has 1 aliphatic rings. The van der Waals surface area contributed by atoms with E-state index in [0.717, 1.165) is 31.5 Å². The Morgan fingerprint density at radius 2 is 2.29 bits per heavy atom. The van der Waals surface area contributed by atoms with Crippen molar-refractivity contribution < 1.29 is 4.79 Å². The molecule has 1 aromatic rings. The van der Waals surface area contributed by atoms with Gasteiger partial charge in [0.25, 0.3) is 0 Å². The Morgan fingerprint density at radius 3 is 2.88 bits per heavy atom. The van der Waals surface area contributed by atoms with Crippen LogP contribution in [0.4, 0.5) is 4.79 Å². The van der Waals surface area contributed by atoms with Gasteiger partial charge in [0, 0.05) is 24.8 Å². The number of hydrogen-bond acceptors (Lipinski definition) is 2. The van der Waals surface area contributed by atoms with Crippen LogP contribution in [0.2, 0.25) is 0 Å². The zero-order valence-electron chi connectivity index (χ0n) is 10.5. The van der Waals surface area contributed by atoms with Gasteiger partial charge in [-0.2, -0.15) is 5.10 Å². The molecule has 1 aromatic heterocycles. The van der Waals surface area contributed by atoms with Gasteiger partial charge in [-0.1, -0.05) is 0 Å². The fraction of sp³-hybridized carbons (Fsp3) is 0.667. The lowest BCUT2D eigenvalue weighted by molar-refractivity contribution is 0.240. The first kappa shape index (κ1) is 12.0. The summed E-state index contributed by atoms with van der Waals surface area (Å²) in [6, 6.07) is 2.44. The average Bonchev–Trinajstić information content (AvgIpc) is 3.00. The highest BCUT2D eigenvalue weighted by molar-refractivity contribution is 5.74. The van der Waals surface area contributed by atoms with Gasteiger partial charge in [0.1, 0.15) is 0 Å². The number of rotatable bonds is 5. The van der Waals surface area contributed by atoms with Crippen molar-refractivity contribution in [3.63, 3.8) is 0 Å². The molecule has 94 valence electrons. The number of amides is 2. The van der Waals surface area contributed by atoms with Crippen molar-refractivity contribution in [2.75, 3.05) is 6.54 Å². The Morgan fingerprint density at radius 1 is 1.53 bits per heavy atom. The first-order valence-corrected chi connectivity index (χ1v) is 6.20. The van der Waals surface area contributed by atoms with Crippen molar-refractivity contribution in [2.24, 2.45) is 0 Å². The summed E-state index contributed by atoms with van der Waals surface area (Å²) in [5.41, 5.74) is 2.21. The zero-order chi connectivity index (χ0) is 12.3. The highest BCUT2D eigenvalue weighted by atomic mass is 16.2. The van der Waals surface area contributed by atoms with E-state index in [0.29, 0.717) is 12.6 Å². The molecule has 0 spiro atoms. The highest BCUT2D eigenvalue weighted by Crippen LogP contribution is 2.18. The van der Waals surface area contributed by atoms with E-state index in [-0.39, 0.29) is 6.03 Å². The second-order valence-electron chi connectivity index (χ2n) is 4.68. The third-order valence-corrected chi connectivity index (χ3v) is 2.85. The molecule has 5 nitrogen and oxygen atoms in total. The Balaban J connectivity index is 1.62. The monoisotopic (exact) mass is 236 g/mol. The molecule has 2 amide bonds. The first-order chi connectivity index (χ1) is 8.15. The van der Waals surface area contributed by atoms with Crippen LogP contribution in [-0.2, 0) is 6.54 Å². The lowest BCUT2D eigenvalue weighted by Crippen LogP contribution is -2.37. The standard InChI is InChI=1S/C12H20N4O/c1-9-8-10(2)16(15-9)7-3-6-13-12(17)14-11-4-5-11/h8,11H,3-7H2,1-2H3,(H2,13,14,17). The van der Waals surface area contributed by atoms with E-state index in [4.69, 9.17) is 0 Å². The number of carbonyl (C=O) groups is 1. The molecular formula is C12H20N4O. The lowest BCUT2D eigenvalue weighted by atomic mass is 10.4. The van der Waals surface area contributed by atoms with Crippen molar-refractivity contribution in [1.82, 2.24) is 20.4 Å². The number of aromatic nitrogens is 2. The van der Waals surface area contributed by atoms with Gasteiger partial charge < -0.3 is 10.6 Å². The van der Waals surface area contributed by atoms with E-state index in [2.05, 4.69) is 21.8 Å². The largest absolute Gasteiger partial charge is 0.338 e. The van der Waals surface area contributed by atoms with Crippen LogP contribution in [0.3, 0.4) is 0 Å². The Kier molecular flexibility index (Phi) is 3.66. The molecule has 17 heavy (non-hydrogen) atoms. The third kappa shape index (κ3) is 3.76. The quantitative estimate of drug-likeness (QED) is 0.758. The third-order valence-electron chi connectivity index (χ3n) is 2.85. The molecule has 0 bridgehead atoms. The van der Waals surface area contributed by atoms with E-state index < -0.39 is 0 Å². The van der Waals surface area contributed by atoms with Crippen molar-refractivity contribution in [3.8, 4) is 0 Å². The molecule has 0 aliphatic heterocycles. The molecule has 0 unspecified atom stereocenters. The molecular weight excluding hydrogens is 216 g/mol. The number of nitrogens with zero attached hydrogens (tertiary/aromatic N) is 2. The molecule has 1 aliphatic carbocycles. The van der Waals surface area contributed by atoms with E-state index in [1.165, 1.54) is 5.69 Å². The van der Waals surface area contributed by atoms with E-state index in [1.54, 1.807) is 0 Å². The van der Waals surface area contributed by atoms with E-state index >= 15 is 0 Å². The normalized spacial score (nSPS) is 14.7.